The highest BCUT2D eigenvalue weighted by Gasteiger charge is 2.18. The van der Waals surface area contributed by atoms with Crippen LogP contribution in [0.25, 0.3) is 0 Å². The van der Waals surface area contributed by atoms with Gasteiger partial charge in [0, 0.05) is 24.9 Å². The topological polar surface area (TPSA) is 57.8 Å². The Kier molecular flexibility index (Phi) is 2.63. The Morgan fingerprint density at radius 3 is 3.14 bits per heavy atom. The van der Waals surface area contributed by atoms with E-state index in [1.807, 2.05) is 6.92 Å². The molecule has 0 aliphatic carbocycles. The molecule has 2 heterocycles. The maximum absolute atomic E-state index is 11.3. The fraction of sp³-hybridized carbons (Fsp3) is 0.600. The molecular formula is C10H15N3O. The monoisotopic (exact) mass is 193 g/mol. The lowest BCUT2D eigenvalue weighted by Gasteiger charge is -2.07. The number of aromatic amines is 1. The minimum Gasteiger partial charge on any atom is -0.316 e. The maximum Gasteiger partial charge on any atom is 0.251 e. The maximum atomic E-state index is 11.3. The van der Waals surface area contributed by atoms with Crippen molar-refractivity contribution in [2.75, 3.05) is 13.1 Å². The van der Waals surface area contributed by atoms with Gasteiger partial charge in [-0.3, -0.25) is 4.79 Å². The molecule has 4 nitrogen and oxygen atoms in total. The zero-order valence-electron chi connectivity index (χ0n) is 8.34. The minimum atomic E-state index is -0.0289. The van der Waals surface area contributed by atoms with Crippen molar-refractivity contribution < 1.29 is 0 Å². The summed E-state index contributed by atoms with van der Waals surface area (Å²) in [5, 5.41) is 3.28. The van der Waals surface area contributed by atoms with Crippen molar-refractivity contribution >= 4 is 0 Å². The van der Waals surface area contributed by atoms with E-state index in [1.54, 1.807) is 6.07 Å². The van der Waals surface area contributed by atoms with Crippen molar-refractivity contribution in [3.8, 4) is 0 Å². The fourth-order valence-electron chi connectivity index (χ4n) is 1.81. The molecule has 1 aliphatic heterocycles. The highest BCUT2D eigenvalue weighted by molar-refractivity contribution is 5.11. The molecule has 1 aromatic rings. The van der Waals surface area contributed by atoms with Crippen molar-refractivity contribution in [3.05, 3.63) is 27.9 Å². The van der Waals surface area contributed by atoms with Crippen LogP contribution in [0.3, 0.4) is 0 Å². The van der Waals surface area contributed by atoms with Gasteiger partial charge in [-0.15, -0.1) is 0 Å². The fourth-order valence-corrected chi connectivity index (χ4v) is 1.81. The normalized spacial score (nSPS) is 21.4. The highest BCUT2D eigenvalue weighted by atomic mass is 16.1. The third-order valence-electron chi connectivity index (χ3n) is 2.62. The van der Waals surface area contributed by atoms with Gasteiger partial charge in [0.1, 0.15) is 5.82 Å². The first-order valence-electron chi connectivity index (χ1n) is 5.10. The van der Waals surface area contributed by atoms with E-state index in [4.69, 9.17) is 0 Å². The molecule has 2 rings (SSSR count). The molecule has 1 aromatic heterocycles. The number of hydrogen-bond acceptors (Lipinski definition) is 3. The van der Waals surface area contributed by atoms with E-state index in [0.29, 0.717) is 5.92 Å². The van der Waals surface area contributed by atoms with E-state index < -0.39 is 0 Å². The molecule has 1 aliphatic rings. The molecule has 1 saturated heterocycles. The Labute approximate surface area is 82.8 Å². The van der Waals surface area contributed by atoms with E-state index in [9.17, 15) is 4.79 Å². The molecule has 0 saturated carbocycles. The first kappa shape index (κ1) is 9.40. The van der Waals surface area contributed by atoms with Crippen LogP contribution >= 0.6 is 0 Å². The number of aromatic nitrogens is 2. The molecule has 0 radical (unpaired) electrons. The van der Waals surface area contributed by atoms with E-state index >= 15 is 0 Å². The largest absolute Gasteiger partial charge is 0.316 e. The summed E-state index contributed by atoms with van der Waals surface area (Å²) in [6.45, 7) is 3.97. The van der Waals surface area contributed by atoms with Crippen molar-refractivity contribution in [2.24, 2.45) is 0 Å². The molecule has 14 heavy (non-hydrogen) atoms. The Morgan fingerprint density at radius 2 is 2.50 bits per heavy atom. The van der Waals surface area contributed by atoms with Crippen LogP contribution in [0.4, 0.5) is 0 Å². The van der Waals surface area contributed by atoms with Gasteiger partial charge < -0.3 is 10.3 Å². The van der Waals surface area contributed by atoms with Gasteiger partial charge in [-0.05, 0) is 13.0 Å². The molecule has 1 fully saturated rings. The van der Waals surface area contributed by atoms with E-state index in [0.717, 1.165) is 37.4 Å². The molecule has 4 heteroatoms. The molecule has 2 N–H and O–H groups in total. The summed E-state index contributed by atoms with van der Waals surface area (Å²) in [5.74, 6) is 1.21. The number of nitrogens with zero attached hydrogens (tertiary/aromatic N) is 1. The van der Waals surface area contributed by atoms with Gasteiger partial charge in [-0.1, -0.05) is 6.92 Å². The summed E-state index contributed by atoms with van der Waals surface area (Å²) < 4.78 is 0. The van der Waals surface area contributed by atoms with Crippen LogP contribution in [0, 0.1) is 0 Å². The van der Waals surface area contributed by atoms with Gasteiger partial charge in [-0.25, -0.2) is 4.98 Å². The first-order valence-corrected chi connectivity index (χ1v) is 5.10. The number of hydrogen-bond donors (Lipinski definition) is 2. The van der Waals surface area contributed by atoms with E-state index in [-0.39, 0.29) is 5.56 Å². The average Bonchev–Trinajstić information content (AvgIpc) is 2.69. The predicted molar refractivity (Wildman–Crippen MR) is 54.5 cm³/mol. The van der Waals surface area contributed by atoms with Gasteiger partial charge in [0.2, 0.25) is 0 Å². The van der Waals surface area contributed by atoms with Crippen molar-refractivity contribution in [3.63, 3.8) is 0 Å². The quantitative estimate of drug-likeness (QED) is 0.715. The molecule has 1 atom stereocenters. The summed E-state index contributed by atoms with van der Waals surface area (Å²) in [6, 6.07) is 1.62. The SMILES string of the molecule is CCc1nc(C2CCNC2)cc(=O)[nH]1. The summed E-state index contributed by atoms with van der Waals surface area (Å²) in [7, 11) is 0. The molecule has 0 bridgehead atoms. The second kappa shape index (κ2) is 3.92. The van der Waals surface area contributed by atoms with E-state index in [1.165, 1.54) is 0 Å². The summed E-state index contributed by atoms with van der Waals surface area (Å²) in [6.07, 6.45) is 1.86. The zero-order valence-corrected chi connectivity index (χ0v) is 8.34. The van der Waals surface area contributed by atoms with Gasteiger partial charge in [-0.2, -0.15) is 0 Å². The zero-order chi connectivity index (χ0) is 9.97. The lowest BCUT2D eigenvalue weighted by molar-refractivity contribution is 0.714. The Hall–Kier alpha value is -1.16. The van der Waals surface area contributed by atoms with Crippen molar-refractivity contribution in [1.29, 1.82) is 0 Å². The van der Waals surface area contributed by atoms with Gasteiger partial charge >= 0.3 is 0 Å². The number of H-pyrrole nitrogens is 1. The summed E-state index contributed by atoms with van der Waals surface area (Å²) in [4.78, 5) is 18.5. The van der Waals surface area contributed by atoms with Crippen LogP contribution in [0.5, 0.6) is 0 Å². The molecular weight excluding hydrogens is 178 g/mol. The molecule has 0 aromatic carbocycles. The van der Waals surface area contributed by atoms with E-state index in [2.05, 4.69) is 15.3 Å². The molecule has 0 spiro atoms. The molecule has 0 amide bonds. The predicted octanol–water partition coefficient (Wildman–Crippen LogP) is 0.409. The third kappa shape index (κ3) is 1.85. The van der Waals surface area contributed by atoms with Crippen LogP contribution in [0.15, 0.2) is 10.9 Å². The molecule has 76 valence electrons. The molecule has 1 unspecified atom stereocenters. The van der Waals surface area contributed by atoms with Crippen LogP contribution in [-0.4, -0.2) is 23.1 Å². The Balaban J connectivity index is 2.32. The van der Waals surface area contributed by atoms with Crippen molar-refractivity contribution in [2.45, 2.75) is 25.7 Å². The van der Waals surface area contributed by atoms with Crippen LogP contribution in [0.1, 0.15) is 30.8 Å². The summed E-state index contributed by atoms with van der Waals surface area (Å²) in [5.41, 5.74) is 0.911. The standard InChI is InChI=1S/C10H15N3O/c1-2-9-12-8(5-10(14)13-9)7-3-4-11-6-7/h5,7,11H,2-4,6H2,1H3,(H,12,13,14). The Bertz CT molecular complexity index is 366. The lowest BCUT2D eigenvalue weighted by atomic mass is 10.0. The number of aryl methyl sites for hydroxylation is 1. The lowest BCUT2D eigenvalue weighted by Crippen LogP contribution is -2.16. The number of nitrogens with one attached hydrogen (secondary N) is 2. The second-order valence-corrected chi connectivity index (χ2v) is 3.66. The minimum absolute atomic E-state index is 0.0289. The smallest absolute Gasteiger partial charge is 0.251 e. The van der Waals surface area contributed by atoms with Gasteiger partial charge in [0.05, 0.1) is 5.69 Å². The van der Waals surface area contributed by atoms with Gasteiger partial charge in [0.25, 0.3) is 5.56 Å². The number of rotatable bonds is 2. The van der Waals surface area contributed by atoms with Crippen LogP contribution in [0.2, 0.25) is 0 Å². The van der Waals surface area contributed by atoms with Crippen LogP contribution in [-0.2, 0) is 6.42 Å². The summed E-state index contributed by atoms with van der Waals surface area (Å²) >= 11 is 0. The van der Waals surface area contributed by atoms with Gasteiger partial charge in [0.15, 0.2) is 0 Å². The highest BCUT2D eigenvalue weighted by Crippen LogP contribution is 2.18. The average molecular weight is 193 g/mol. The van der Waals surface area contributed by atoms with Crippen molar-refractivity contribution in [1.82, 2.24) is 15.3 Å². The third-order valence-corrected chi connectivity index (χ3v) is 2.62. The second-order valence-electron chi connectivity index (χ2n) is 3.66. The van der Waals surface area contributed by atoms with Crippen LogP contribution < -0.4 is 10.9 Å². The Morgan fingerprint density at radius 1 is 1.64 bits per heavy atom. The first-order chi connectivity index (χ1) is 6.79.